The number of hydrogen-bond acceptors (Lipinski definition) is 9. The van der Waals surface area contributed by atoms with Gasteiger partial charge in [-0.05, 0) is 84.7 Å². The Bertz CT molecular complexity index is 1710. The Balaban J connectivity index is 1.38. The van der Waals surface area contributed by atoms with Crippen molar-refractivity contribution in [1.82, 2.24) is 4.98 Å². The number of alkyl halides is 4. The van der Waals surface area contributed by atoms with Crippen LogP contribution in [-0.2, 0) is 25.2 Å². The first kappa shape index (κ1) is 36.7. The number of esters is 1. The monoisotopic (exact) mass is 799 g/mol. The van der Waals surface area contributed by atoms with E-state index >= 15 is 0 Å². The molecule has 0 aliphatic heterocycles. The van der Waals surface area contributed by atoms with Crippen molar-refractivity contribution in [1.29, 1.82) is 5.26 Å². The number of rotatable bonds is 10. The van der Waals surface area contributed by atoms with Crippen LogP contribution in [0, 0.1) is 11.3 Å². The summed E-state index contributed by atoms with van der Waals surface area (Å²) < 4.78 is 60.3. The topological polar surface area (TPSA) is 128 Å². The Hall–Kier alpha value is -4.10. The first-order valence-electron chi connectivity index (χ1n) is 14.8. The number of ether oxygens (including phenoxy) is 4. The lowest BCUT2D eigenvalue weighted by molar-refractivity contribution is -0.169. The standard InChI is InChI=1S/C33H30ClF3IN3O7/c1-20(47-31(44)48-32(38)13-6-3-7-14-32)46-29(42)12-15-45-27-9-5-4-8-26(27)41(2)30(43)21-10-11-25(34)23(16-21)24-19-40-28(33(35,36)37)17-22(24)18-39/h4-5,8-11,16-17,19-20H,3,6-7,12-15H2,1-2H3. The number of carbonyl (C=O) groups excluding carboxylic acids is 3. The van der Waals surface area contributed by atoms with Crippen molar-refractivity contribution < 1.29 is 46.5 Å². The van der Waals surface area contributed by atoms with Crippen molar-refractivity contribution in [3.63, 3.8) is 0 Å². The summed E-state index contributed by atoms with van der Waals surface area (Å²) in [5, 5.41) is 9.62. The molecule has 0 saturated heterocycles. The molecule has 0 spiro atoms. The van der Waals surface area contributed by atoms with Crippen LogP contribution in [0.2, 0.25) is 5.02 Å². The van der Waals surface area contributed by atoms with E-state index in [-0.39, 0.29) is 46.1 Å². The molecule has 254 valence electrons. The summed E-state index contributed by atoms with van der Waals surface area (Å²) in [6.07, 6.45) is -1.74. The van der Waals surface area contributed by atoms with Gasteiger partial charge in [0.25, 0.3) is 5.91 Å². The minimum absolute atomic E-state index is 0.0261. The molecule has 1 fully saturated rings. The average Bonchev–Trinajstić information content (AvgIpc) is 3.03. The highest BCUT2D eigenvalue weighted by Crippen LogP contribution is 2.38. The van der Waals surface area contributed by atoms with E-state index in [1.807, 2.05) is 0 Å². The van der Waals surface area contributed by atoms with E-state index in [4.69, 9.17) is 30.5 Å². The van der Waals surface area contributed by atoms with Gasteiger partial charge < -0.3 is 23.8 Å². The van der Waals surface area contributed by atoms with Gasteiger partial charge in [-0.2, -0.15) is 18.4 Å². The summed E-state index contributed by atoms with van der Waals surface area (Å²) >= 11 is 8.43. The zero-order valence-electron chi connectivity index (χ0n) is 25.8. The third-order valence-corrected chi connectivity index (χ3v) is 8.97. The molecule has 1 saturated carbocycles. The van der Waals surface area contributed by atoms with Crippen molar-refractivity contribution in [2.45, 2.75) is 61.5 Å². The van der Waals surface area contributed by atoms with E-state index in [0.29, 0.717) is 11.8 Å². The smallest absolute Gasteiger partial charge is 0.491 e. The summed E-state index contributed by atoms with van der Waals surface area (Å²) in [7, 11) is 1.48. The van der Waals surface area contributed by atoms with Crippen LogP contribution in [0.5, 0.6) is 5.75 Å². The molecular formula is C33H30ClF3IN3O7. The zero-order valence-corrected chi connectivity index (χ0v) is 28.7. The third kappa shape index (κ3) is 9.50. The van der Waals surface area contributed by atoms with Crippen LogP contribution < -0.4 is 9.64 Å². The molecule has 1 amide bonds. The average molecular weight is 800 g/mol. The molecule has 0 radical (unpaired) electrons. The second-order valence-corrected chi connectivity index (χ2v) is 13.2. The molecule has 1 unspecified atom stereocenters. The van der Waals surface area contributed by atoms with Gasteiger partial charge in [0, 0.05) is 41.9 Å². The molecule has 0 N–H and O–H groups in total. The van der Waals surface area contributed by atoms with Crippen LogP contribution in [0.25, 0.3) is 11.1 Å². The van der Waals surface area contributed by atoms with Crippen LogP contribution >= 0.6 is 34.2 Å². The molecule has 0 bridgehead atoms. The first-order chi connectivity index (χ1) is 22.7. The lowest BCUT2D eigenvalue weighted by atomic mass is 9.98. The zero-order chi connectivity index (χ0) is 35.1. The van der Waals surface area contributed by atoms with Crippen molar-refractivity contribution in [2.75, 3.05) is 18.6 Å². The van der Waals surface area contributed by atoms with Crippen molar-refractivity contribution in [3.05, 3.63) is 76.6 Å². The van der Waals surface area contributed by atoms with E-state index in [2.05, 4.69) is 27.6 Å². The Kier molecular flexibility index (Phi) is 12.1. The number of para-hydroxylation sites is 2. The lowest BCUT2D eigenvalue weighted by Crippen LogP contribution is -2.33. The molecule has 4 rings (SSSR count). The SMILES string of the molecule is CC(OC(=O)CCOc1ccccc1N(C)C(=O)c1ccc(Cl)c(-c2cnc(C(F)(F)F)cc2C#N)c1)OC(=O)OC1(I)CCCCC1. The quantitative estimate of drug-likeness (QED) is 0.0859. The number of hydrogen-bond donors (Lipinski definition) is 0. The van der Waals surface area contributed by atoms with Gasteiger partial charge in [0.2, 0.25) is 6.29 Å². The highest BCUT2D eigenvalue weighted by atomic mass is 127. The maximum atomic E-state index is 13.5. The van der Waals surface area contributed by atoms with Crippen LogP contribution in [0.4, 0.5) is 23.7 Å². The van der Waals surface area contributed by atoms with Gasteiger partial charge in [0.1, 0.15) is 11.4 Å². The fraction of sp³-hybridized carbons (Fsp3) is 0.364. The number of aromatic nitrogens is 1. The fourth-order valence-electron chi connectivity index (χ4n) is 4.94. The van der Waals surface area contributed by atoms with Crippen molar-refractivity contribution in [2.24, 2.45) is 0 Å². The second kappa shape index (κ2) is 15.9. The minimum Gasteiger partial charge on any atom is -0.491 e. The van der Waals surface area contributed by atoms with Crippen molar-refractivity contribution in [3.8, 4) is 22.9 Å². The molecule has 1 aliphatic rings. The highest BCUT2D eigenvalue weighted by molar-refractivity contribution is 14.1. The van der Waals surface area contributed by atoms with E-state index in [1.165, 1.54) is 37.1 Å². The normalized spacial score (nSPS) is 14.6. The summed E-state index contributed by atoms with van der Waals surface area (Å²) in [6.45, 7) is 1.27. The molecule has 15 heteroatoms. The van der Waals surface area contributed by atoms with Gasteiger partial charge in [-0.25, -0.2) is 4.79 Å². The number of nitriles is 1. The first-order valence-corrected chi connectivity index (χ1v) is 16.2. The number of amides is 1. The molecule has 1 atom stereocenters. The Morgan fingerprint density at radius 2 is 1.79 bits per heavy atom. The maximum absolute atomic E-state index is 13.5. The van der Waals surface area contributed by atoms with Gasteiger partial charge in [-0.1, -0.05) is 30.2 Å². The molecular weight excluding hydrogens is 770 g/mol. The number of halogens is 5. The fourth-order valence-corrected chi connectivity index (χ4v) is 6.11. The Morgan fingerprint density at radius 1 is 1.08 bits per heavy atom. The van der Waals surface area contributed by atoms with Crippen LogP contribution in [0.1, 0.15) is 67.1 Å². The molecule has 1 aromatic heterocycles. The lowest BCUT2D eigenvalue weighted by Gasteiger charge is -2.31. The third-order valence-electron chi connectivity index (χ3n) is 7.34. The van der Waals surface area contributed by atoms with Crippen LogP contribution in [0.15, 0.2) is 54.7 Å². The second-order valence-electron chi connectivity index (χ2n) is 10.8. The molecule has 10 nitrogen and oxygen atoms in total. The van der Waals surface area contributed by atoms with Gasteiger partial charge in [-0.3, -0.25) is 14.6 Å². The predicted octanol–water partition coefficient (Wildman–Crippen LogP) is 8.48. The van der Waals surface area contributed by atoms with Crippen molar-refractivity contribution >= 4 is 57.9 Å². The van der Waals surface area contributed by atoms with Gasteiger partial charge >= 0.3 is 18.3 Å². The molecule has 2 aromatic carbocycles. The number of benzene rings is 2. The maximum Gasteiger partial charge on any atom is 0.512 e. The molecule has 48 heavy (non-hydrogen) atoms. The largest absolute Gasteiger partial charge is 0.512 e. The minimum atomic E-state index is -4.75. The van der Waals surface area contributed by atoms with Gasteiger partial charge in [0.15, 0.2) is 3.61 Å². The summed E-state index contributed by atoms with van der Waals surface area (Å²) in [5.41, 5.74) is -0.921. The van der Waals surface area contributed by atoms with E-state index in [0.717, 1.165) is 38.3 Å². The highest BCUT2D eigenvalue weighted by Gasteiger charge is 2.35. The summed E-state index contributed by atoms with van der Waals surface area (Å²) in [4.78, 5) is 42.8. The van der Waals surface area contributed by atoms with E-state index in [1.54, 1.807) is 30.3 Å². The van der Waals surface area contributed by atoms with Crippen LogP contribution in [0.3, 0.4) is 0 Å². The molecule has 3 aromatic rings. The summed E-state index contributed by atoms with van der Waals surface area (Å²) in [6, 6.07) is 13.1. The van der Waals surface area contributed by atoms with E-state index in [9.17, 15) is 32.8 Å². The van der Waals surface area contributed by atoms with E-state index < -0.39 is 39.8 Å². The number of anilines is 1. The van der Waals surface area contributed by atoms with Gasteiger partial charge in [-0.15, -0.1) is 0 Å². The predicted molar refractivity (Wildman–Crippen MR) is 177 cm³/mol. The Labute approximate surface area is 293 Å². The molecule has 1 heterocycles. The Morgan fingerprint density at radius 3 is 2.48 bits per heavy atom. The van der Waals surface area contributed by atoms with Gasteiger partial charge in [0.05, 0.1) is 30.3 Å². The number of pyridine rings is 1. The molecule has 1 aliphatic carbocycles. The summed E-state index contributed by atoms with van der Waals surface area (Å²) in [5.74, 6) is -0.954. The van der Waals surface area contributed by atoms with Crippen LogP contribution in [-0.4, -0.2) is 46.6 Å². The number of carbonyl (C=O) groups is 3. The number of nitrogens with zero attached hydrogens (tertiary/aromatic N) is 3.